The SMILES string of the molecule is CC(C)Cc1ccc(C(C)C(=O)Nc2c(Cl)cccc2Cl)cc1. The van der Waals surface area contributed by atoms with Crippen LogP contribution in [0.3, 0.4) is 0 Å². The molecule has 2 aromatic carbocycles. The van der Waals surface area contributed by atoms with Crippen LogP contribution in [0.25, 0.3) is 0 Å². The molecule has 0 bridgehead atoms. The molecule has 0 spiro atoms. The van der Waals surface area contributed by atoms with E-state index in [4.69, 9.17) is 23.2 Å². The largest absolute Gasteiger partial charge is 0.323 e. The van der Waals surface area contributed by atoms with E-state index in [-0.39, 0.29) is 11.8 Å². The van der Waals surface area contributed by atoms with Crippen LogP contribution in [-0.2, 0) is 11.2 Å². The summed E-state index contributed by atoms with van der Waals surface area (Å²) in [5, 5.41) is 3.69. The van der Waals surface area contributed by atoms with Gasteiger partial charge in [-0.25, -0.2) is 0 Å². The zero-order valence-electron chi connectivity index (χ0n) is 13.6. The number of nitrogens with one attached hydrogen (secondary N) is 1. The first kappa shape index (κ1) is 17.8. The number of para-hydroxylation sites is 1. The van der Waals surface area contributed by atoms with Crippen LogP contribution < -0.4 is 5.32 Å². The minimum Gasteiger partial charge on any atom is -0.323 e. The lowest BCUT2D eigenvalue weighted by Crippen LogP contribution is -2.19. The van der Waals surface area contributed by atoms with E-state index in [1.807, 2.05) is 19.1 Å². The number of halogens is 2. The number of benzene rings is 2. The molecule has 1 amide bonds. The van der Waals surface area contributed by atoms with E-state index in [2.05, 4.69) is 31.3 Å². The summed E-state index contributed by atoms with van der Waals surface area (Å²) in [7, 11) is 0. The molecular weight excluding hydrogens is 329 g/mol. The van der Waals surface area contributed by atoms with Crippen molar-refractivity contribution in [3.05, 3.63) is 63.6 Å². The third kappa shape index (κ3) is 4.73. The van der Waals surface area contributed by atoms with Crippen molar-refractivity contribution in [2.24, 2.45) is 5.92 Å². The minimum absolute atomic E-state index is 0.128. The molecule has 23 heavy (non-hydrogen) atoms. The summed E-state index contributed by atoms with van der Waals surface area (Å²) in [6.07, 6.45) is 1.04. The lowest BCUT2D eigenvalue weighted by Gasteiger charge is -2.15. The number of hydrogen-bond acceptors (Lipinski definition) is 1. The number of carbonyl (C=O) groups is 1. The van der Waals surface area contributed by atoms with Crippen LogP contribution in [0.15, 0.2) is 42.5 Å². The van der Waals surface area contributed by atoms with E-state index in [0.717, 1.165) is 12.0 Å². The van der Waals surface area contributed by atoms with Gasteiger partial charge in [0.15, 0.2) is 0 Å². The quantitative estimate of drug-likeness (QED) is 0.711. The van der Waals surface area contributed by atoms with Crippen molar-refractivity contribution in [1.29, 1.82) is 0 Å². The molecule has 0 saturated carbocycles. The van der Waals surface area contributed by atoms with Gasteiger partial charge in [-0.3, -0.25) is 4.79 Å². The van der Waals surface area contributed by atoms with E-state index in [0.29, 0.717) is 21.7 Å². The van der Waals surface area contributed by atoms with Crippen LogP contribution in [0.4, 0.5) is 5.69 Å². The second-order valence-corrected chi connectivity index (χ2v) is 6.96. The van der Waals surface area contributed by atoms with Gasteiger partial charge in [0.1, 0.15) is 0 Å². The third-order valence-corrected chi connectivity index (χ3v) is 4.36. The van der Waals surface area contributed by atoms with Crippen LogP contribution in [0.1, 0.15) is 37.8 Å². The van der Waals surface area contributed by atoms with Gasteiger partial charge < -0.3 is 5.32 Å². The fourth-order valence-electron chi connectivity index (χ4n) is 2.41. The smallest absolute Gasteiger partial charge is 0.231 e. The predicted octanol–water partition coefficient (Wildman–Crippen LogP) is 5.93. The van der Waals surface area contributed by atoms with Crippen molar-refractivity contribution >= 4 is 34.8 Å². The molecule has 0 aliphatic heterocycles. The first-order valence-electron chi connectivity index (χ1n) is 7.72. The number of rotatable bonds is 5. The maximum Gasteiger partial charge on any atom is 0.231 e. The molecule has 0 aliphatic carbocycles. The Morgan fingerprint density at radius 2 is 1.57 bits per heavy atom. The number of anilines is 1. The van der Waals surface area contributed by atoms with Gasteiger partial charge in [0.2, 0.25) is 5.91 Å². The normalized spacial score (nSPS) is 12.3. The van der Waals surface area contributed by atoms with Gasteiger partial charge in [0.05, 0.1) is 21.7 Å². The molecule has 0 aromatic heterocycles. The molecule has 1 N–H and O–H groups in total. The van der Waals surface area contributed by atoms with E-state index in [1.165, 1.54) is 5.56 Å². The van der Waals surface area contributed by atoms with Gasteiger partial charge >= 0.3 is 0 Å². The first-order valence-corrected chi connectivity index (χ1v) is 8.47. The van der Waals surface area contributed by atoms with E-state index in [1.54, 1.807) is 18.2 Å². The summed E-state index contributed by atoms with van der Waals surface area (Å²) >= 11 is 12.2. The van der Waals surface area contributed by atoms with Crippen LogP contribution in [0.2, 0.25) is 10.0 Å². The Balaban J connectivity index is 2.10. The Morgan fingerprint density at radius 1 is 1.00 bits per heavy atom. The fraction of sp³-hybridized carbons (Fsp3) is 0.316. The lowest BCUT2D eigenvalue weighted by molar-refractivity contribution is -0.117. The molecule has 0 aliphatic rings. The van der Waals surface area contributed by atoms with Crippen LogP contribution in [-0.4, -0.2) is 5.91 Å². The topological polar surface area (TPSA) is 29.1 Å². The molecule has 2 aromatic rings. The molecule has 1 unspecified atom stereocenters. The zero-order valence-corrected chi connectivity index (χ0v) is 15.1. The lowest BCUT2D eigenvalue weighted by atomic mass is 9.96. The number of hydrogen-bond donors (Lipinski definition) is 1. The highest BCUT2D eigenvalue weighted by atomic mass is 35.5. The van der Waals surface area contributed by atoms with E-state index < -0.39 is 0 Å². The summed E-state index contributed by atoms with van der Waals surface area (Å²) in [6.45, 7) is 6.26. The van der Waals surface area contributed by atoms with Gasteiger partial charge in [0.25, 0.3) is 0 Å². The van der Waals surface area contributed by atoms with Gasteiger partial charge in [-0.15, -0.1) is 0 Å². The molecule has 0 radical (unpaired) electrons. The molecule has 122 valence electrons. The average Bonchev–Trinajstić information content (AvgIpc) is 2.50. The molecule has 0 saturated heterocycles. The highest BCUT2D eigenvalue weighted by Gasteiger charge is 2.17. The predicted molar refractivity (Wildman–Crippen MR) is 98.5 cm³/mol. The average molecular weight is 350 g/mol. The Kier molecular flexibility index (Phi) is 6.09. The van der Waals surface area contributed by atoms with Gasteiger partial charge in [-0.2, -0.15) is 0 Å². The minimum atomic E-state index is -0.282. The summed E-state index contributed by atoms with van der Waals surface area (Å²) in [5.74, 6) is 0.205. The van der Waals surface area contributed by atoms with Crippen molar-refractivity contribution in [2.75, 3.05) is 5.32 Å². The Morgan fingerprint density at radius 3 is 2.09 bits per heavy atom. The summed E-state index contributed by atoms with van der Waals surface area (Å²) < 4.78 is 0. The van der Waals surface area contributed by atoms with E-state index in [9.17, 15) is 4.79 Å². The summed E-state index contributed by atoms with van der Waals surface area (Å²) in [4.78, 5) is 12.5. The third-order valence-electron chi connectivity index (χ3n) is 3.73. The summed E-state index contributed by atoms with van der Waals surface area (Å²) in [5.41, 5.74) is 2.72. The van der Waals surface area contributed by atoms with Gasteiger partial charge in [-0.1, -0.05) is 67.4 Å². The highest BCUT2D eigenvalue weighted by molar-refractivity contribution is 6.39. The highest BCUT2D eigenvalue weighted by Crippen LogP contribution is 2.31. The standard InChI is InChI=1S/C19H21Cl2NO/c1-12(2)11-14-7-9-15(10-8-14)13(3)19(23)22-18-16(20)5-4-6-17(18)21/h4-10,12-13H,11H2,1-3H3,(H,22,23). The van der Waals surface area contributed by atoms with Gasteiger partial charge in [0, 0.05) is 0 Å². The van der Waals surface area contributed by atoms with Crippen LogP contribution in [0, 0.1) is 5.92 Å². The molecule has 1 atom stereocenters. The van der Waals surface area contributed by atoms with Crippen molar-refractivity contribution in [3.63, 3.8) is 0 Å². The molecule has 4 heteroatoms. The van der Waals surface area contributed by atoms with Crippen LogP contribution >= 0.6 is 23.2 Å². The molecule has 2 nitrogen and oxygen atoms in total. The fourth-order valence-corrected chi connectivity index (χ4v) is 2.91. The Hall–Kier alpha value is -1.51. The van der Waals surface area contributed by atoms with Crippen molar-refractivity contribution in [3.8, 4) is 0 Å². The molecule has 2 rings (SSSR count). The second kappa shape index (κ2) is 7.85. The second-order valence-electron chi connectivity index (χ2n) is 6.15. The van der Waals surface area contributed by atoms with Gasteiger partial charge in [-0.05, 0) is 42.5 Å². The molecule has 0 heterocycles. The van der Waals surface area contributed by atoms with Crippen molar-refractivity contribution in [2.45, 2.75) is 33.1 Å². The molecular formula is C19H21Cl2NO. The van der Waals surface area contributed by atoms with Crippen molar-refractivity contribution in [1.82, 2.24) is 0 Å². The number of carbonyl (C=O) groups excluding carboxylic acids is 1. The number of amides is 1. The zero-order chi connectivity index (χ0) is 17.0. The molecule has 0 fully saturated rings. The Bertz CT molecular complexity index is 660. The summed E-state index contributed by atoms with van der Waals surface area (Å²) in [6, 6.07) is 13.3. The Labute approximate surface area is 147 Å². The maximum absolute atomic E-state index is 12.5. The first-order chi connectivity index (χ1) is 10.9. The monoisotopic (exact) mass is 349 g/mol. The van der Waals surface area contributed by atoms with Crippen molar-refractivity contribution < 1.29 is 4.79 Å². The van der Waals surface area contributed by atoms with Crippen LogP contribution in [0.5, 0.6) is 0 Å². The van der Waals surface area contributed by atoms with E-state index >= 15 is 0 Å². The maximum atomic E-state index is 12.5.